The van der Waals surface area contributed by atoms with Crippen LogP contribution in [0.3, 0.4) is 0 Å². The maximum atomic E-state index is 13.2. The number of benzene rings is 1. The van der Waals surface area contributed by atoms with Gasteiger partial charge in [-0.2, -0.15) is 0 Å². The molecular formula is C13H18F2O. The van der Waals surface area contributed by atoms with E-state index < -0.39 is 5.82 Å². The van der Waals surface area contributed by atoms with Gasteiger partial charge in [0.1, 0.15) is 11.6 Å². The Morgan fingerprint density at radius 1 is 1.25 bits per heavy atom. The van der Waals surface area contributed by atoms with Gasteiger partial charge < -0.3 is 5.11 Å². The number of hydrogen-bond acceptors (Lipinski definition) is 1. The van der Waals surface area contributed by atoms with Gasteiger partial charge in [0, 0.05) is 0 Å². The predicted molar refractivity (Wildman–Crippen MR) is 60.2 cm³/mol. The Balaban J connectivity index is 2.39. The van der Waals surface area contributed by atoms with Crippen molar-refractivity contribution in [3.05, 3.63) is 35.4 Å². The topological polar surface area (TPSA) is 20.2 Å². The third-order valence-corrected chi connectivity index (χ3v) is 2.61. The maximum absolute atomic E-state index is 13.2. The molecule has 0 saturated carbocycles. The van der Waals surface area contributed by atoms with Crippen molar-refractivity contribution in [2.24, 2.45) is 0 Å². The summed E-state index contributed by atoms with van der Waals surface area (Å²) in [6, 6.07) is 3.49. The van der Waals surface area contributed by atoms with Gasteiger partial charge in [-0.25, -0.2) is 8.78 Å². The van der Waals surface area contributed by atoms with Crippen LogP contribution in [0.25, 0.3) is 0 Å². The van der Waals surface area contributed by atoms with Crippen LogP contribution in [0.2, 0.25) is 0 Å². The van der Waals surface area contributed by atoms with E-state index in [4.69, 9.17) is 0 Å². The van der Waals surface area contributed by atoms with E-state index in [1.807, 2.05) is 6.92 Å². The molecule has 0 aliphatic rings. The highest BCUT2D eigenvalue weighted by Crippen LogP contribution is 2.14. The highest BCUT2D eigenvalue weighted by atomic mass is 19.1. The van der Waals surface area contributed by atoms with E-state index in [1.54, 1.807) is 0 Å². The summed E-state index contributed by atoms with van der Waals surface area (Å²) in [5, 5.41) is 9.48. The van der Waals surface area contributed by atoms with E-state index in [-0.39, 0.29) is 11.9 Å². The number of rotatable bonds is 6. The normalized spacial score (nSPS) is 12.8. The molecule has 0 heterocycles. The van der Waals surface area contributed by atoms with Gasteiger partial charge in [0.05, 0.1) is 6.10 Å². The first-order valence-electron chi connectivity index (χ1n) is 5.75. The molecule has 16 heavy (non-hydrogen) atoms. The third kappa shape index (κ3) is 4.27. The summed E-state index contributed by atoms with van der Waals surface area (Å²) in [6.07, 6.45) is 3.19. The number of aliphatic hydroxyl groups is 1. The summed E-state index contributed by atoms with van der Waals surface area (Å²) in [5.74, 6) is -0.781. The van der Waals surface area contributed by atoms with Crippen molar-refractivity contribution in [2.45, 2.75) is 45.1 Å². The molecule has 0 aromatic heterocycles. The van der Waals surface area contributed by atoms with Gasteiger partial charge in [-0.05, 0) is 49.4 Å². The van der Waals surface area contributed by atoms with Crippen LogP contribution in [-0.2, 0) is 6.42 Å². The van der Waals surface area contributed by atoms with Crippen molar-refractivity contribution in [3.8, 4) is 0 Å². The Morgan fingerprint density at radius 2 is 2.00 bits per heavy atom. The summed E-state index contributed by atoms with van der Waals surface area (Å²) in [4.78, 5) is 0. The van der Waals surface area contributed by atoms with Gasteiger partial charge in [0.25, 0.3) is 0 Å². The molecule has 0 unspecified atom stereocenters. The van der Waals surface area contributed by atoms with Gasteiger partial charge in [-0.3, -0.25) is 0 Å². The van der Waals surface area contributed by atoms with Crippen LogP contribution in [-0.4, -0.2) is 11.2 Å². The van der Waals surface area contributed by atoms with Crippen molar-refractivity contribution >= 4 is 0 Å². The monoisotopic (exact) mass is 228 g/mol. The van der Waals surface area contributed by atoms with Gasteiger partial charge in [0.2, 0.25) is 0 Å². The average Bonchev–Trinajstić information content (AvgIpc) is 2.23. The molecule has 1 atom stereocenters. The lowest BCUT2D eigenvalue weighted by atomic mass is 10.0. The van der Waals surface area contributed by atoms with Crippen molar-refractivity contribution < 1.29 is 13.9 Å². The highest BCUT2D eigenvalue weighted by molar-refractivity contribution is 5.18. The van der Waals surface area contributed by atoms with Crippen LogP contribution in [0, 0.1) is 11.6 Å². The summed E-state index contributed by atoms with van der Waals surface area (Å²) < 4.78 is 26.1. The fourth-order valence-electron chi connectivity index (χ4n) is 1.74. The standard InChI is InChI=1S/C13H18F2O/c1-2-4-12(16)6-3-5-10-9-11(14)7-8-13(10)15/h7-9,12,16H,2-6H2,1H3/t12-/m1/s1. The Bertz CT molecular complexity index is 326. The van der Waals surface area contributed by atoms with Crippen molar-refractivity contribution in [1.29, 1.82) is 0 Å². The molecule has 0 radical (unpaired) electrons. The lowest BCUT2D eigenvalue weighted by molar-refractivity contribution is 0.151. The summed E-state index contributed by atoms with van der Waals surface area (Å²) in [6.45, 7) is 2.01. The van der Waals surface area contributed by atoms with Crippen LogP contribution < -0.4 is 0 Å². The zero-order chi connectivity index (χ0) is 12.0. The first-order valence-corrected chi connectivity index (χ1v) is 5.75. The minimum Gasteiger partial charge on any atom is -0.393 e. The molecule has 0 aliphatic heterocycles. The van der Waals surface area contributed by atoms with Gasteiger partial charge in [-0.1, -0.05) is 13.3 Å². The van der Waals surface area contributed by atoms with Crippen molar-refractivity contribution in [1.82, 2.24) is 0 Å². The largest absolute Gasteiger partial charge is 0.393 e. The molecule has 0 spiro atoms. The third-order valence-electron chi connectivity index (χ3n) is 2.61. The van der Waals surface area contributed by atoms with Crippen LogP contribution >= 0.6 is 0 Å². The zero-order valence-corrected chi connectivity index (χ0v) is 9.55. The molecule has 1 rings (SSSR count). The minimum absolute atomic E-state index is 0.318. The second-order valence-electron chi connectivity index (χ2n) is 4.07. The number of halogens is 2. The fraction of sp³-hybridized carbons (Fsp3) is 0.538. The van der Waals surface area contributed by atoms with E-state index in [9.17, 15) is 13.9 Å². The van der Waals surface area contributed by atoms with E-state index in [2.05, 4.69) is 0 Å². The van der Waals surface area contributed by atoms with Crippen LogP contribution in [0.1, 0.15) is 38.2 Å². The number of aryl methyl sites for hydroxylation is 1. The summed E-state index contributed by atoms with van der Waals surface area (Å²) >= 11 is 0. The molecule has 1 aromatic carbocycles. The van der Waals surface area contributed by atoms with Crippen molar-refractivity contribution in [2.75, 3.05) is 0 Å². The molecule has 0 saturated heterocycles. The van der Waals surface area contributed by atoms with Gasteiger partial charge >= 0.3 is 0 Å². The Morgan fingerprint density at radius 3 is 2.69 bits per heavy atom. The van der Waals surface area contributed by atoms with Crippen LogP contribution in [0.4, 0.5) is 8.78 Å². The quantitative estimate of drug-likeness (QED) is 0.790. The molecular weight excluding hydrogens is 210 g/mol. The van der Waals surface area contributed by atoms with E-state index in [1.165, 1.54) is 6.07 Å². The summed E-state index contributed by atoms with van der Waals surface area (Å²) in [5.41, 5.74) is 0.392. The summed E-state index contributed by atoms with van der Waals surface area (Å²) in [7, 11) is 0. The van der Waals surface area contributed by atoms with E-state index in [0.717, 1.165) is 25.0 Å². The SMILES string of the molecule is CCC[C@@H](O)CCCc1cc(F)ccc1F. The second kappa shape index (κ2) is 6.59. The molecule has 0 fully saturated rings. The number of aliphatic hydroxyl groups excluding tert-OH is 1. The fourth-order valence-corrected chi connectivity index (χ4v) is 1.74. The molecule has 3 heteroatoms. The molecule has 1 nitrogen and oxygen atoms in total. The molecule has 1 N–H and O–H groups in total. The molecule has 90 valence electrons. The smallest absolute Gasteiger partial charge is 0.126 e. The Kier molecular flexibility index (Phi) is 5.39. The Hall–Kier alpha value is -0.960. The minimum atomic E-state index is -0.412. The molecule has 0 aliphatic carbocycles. The lowest BCUT2D eigenvalue weighted by Gasteiger charge is -2.09. The second-order valence-corrected chi connectivity index (χ2v) is 4.07. The maximum Gasteiger partial charge on any atom is 0.126 e. The first kappa shape index (κ1) is 13.1. The molecule has 0 amide bonds. The predicted octanol–water partition coefficient (Wildman–Crippen LogP) is 3.45. The molecule has 0 bridgehead atoms. The van der Waals surface area contributed by atoms with Crippen LogP contribution in [0.15, 0.2) is 18.2 Å². The number of hydrogen-bond donors (Lipinski definition) is 1. The average molecular weight is 228 g/mol. The van der Waals surface area contributed by atoms with E-state index >= 15 is 0 Å². The zero-order valence-electron chi connectivity index (χ0n) is 9.55. The van der Waals surface area contributed by atoms with Gasteiger partial charge in [-0.15, -0.1) is 0 Å². The van der Waals surface area contributed by atoms with Crippen molar-refractivity contribution in [3.63, 3.8) is 0 Å². The highest BCUT2D eigenvalue weighted by Gasteiger charge is 2.06. The van der Waals surface area contributed by atoms with E-state index in [0.29, 0.717) is 24.8 Å². The Labute approximate surface area is 95.1 Å². The van der Waals surface area contributed by atoms with Gasteiger partial charge in [0.15, 0.2) is 0 Å². The molecule has 1 aromatic rings. The lowest BCUT2D eigenvalue weighted by Crippen LogP contribution is -2.06. The first-order chi connectivity index (χ1) is 7.63. The van der Waals surface area contributed by atoms with Crippen LogP contribution in [0.5, 0.6) is 0 Å².